The molecule has 0 atom stereocenters. The van der Waals surface area contributed by atoms with Gasteiger partial charge in [0.05, 0.1) is 19.8 Å². The molecule has 144 valence electrons. The molecule has 2 rings (SSSR count). The van der Waals surface area contributed by atoms with Crippen molar-refractivity contribution in [2.24, 2.45) is 0 Å². The fraction of sp³-hybridized carbons (Fsp3) is 0.579. The zero-order valence-electron chi connectivity index (χ0n) is 15.3. The number of anilines is 1. The lowest BCUT2D eigenvalue weighted by Crippen LogP contribution is -2.38. The van der Waals surface area contributed by atoms with E-state index < -0.39 is 5.97 Å². The van der Waals surface area contributed by atoms with Crippen molar-refractivity contribution in [2.75, 3.05) is 44.8 Å². The summed E-state index contributed by atoms with van der Waals surface area (Å²) in [7, 11) is 0. The Morgan fingerprint density at radius 3 is 2.73 bits per heavy atom. The van der Waals surface area contributed by atoms with Gasteiger partial charge in [-0.1, -0.05) is 19.8 Å². The molecule has 0 unspecified atom stereocenters. The molecule has 26 heavy (non-hydrogen) atoms. The Balaban J connectivity index is 1.80. The van der Waals surface area contributed by atoms with Crippen LogP contribution in [0.5, 0.6) is 5.75 Å². The quantitative estimate of drug-likeness (QED) is 0.517. The van der Waals surface area contributed by atoms with Gasteiger partial charge >= 0.3 is 5.97 Å². The van der Waals surface area contributed by atoms with Crippen LogP contribution in [-0.2, 0) is 14.3 Å². The molecule has 0 spiro atoms. The highest BCUT2D eigenvalue weighted by atomic mass is 16.5. The molecule has 0 bridgehead atoms. The minimum Gasteiger partial charge on any atom is -0.507 e. The van der Waals surface area contributed by atoms with Crippen LogP contribution in [0.25, 0.3) is 0 Å². The number of aromatic hydroxyl groups is 1. The first kappa shape index (κ1) is 20.2. The minimum atomic E-state index is -0.552. The van der Waals surface area contributed by atoms with E-state index in [1.807, 2.05) is 0 Å². The van der Waals surface area contributed by atoms with Gasteiger partial charge in [0.2, 0.25) is 5.91 Å². The van der Waals surface area contributed by atoms with Gasteiger partial charge in [-0.15, -0.1) is 0 Å². The molecule has 1 aromatic rings. The van der Waals surface area contributed by atoms with Crippen molar-refractivity contribution in [1.82, 2.24) is 4.90 Å². The van der Waals surface area contributed by atoms with Crippen LogP contribution in [0.15, 0.2) is 18.2 Å². The monoisotopic (exact) mass is 364 g/mol. The Morgan fingerprint density at radius 2 is 2.04 bits per heavy atom. The Hall–Kier alpha value is -2.12. The maximum atomic E-state index is 12.0. The van der Waals surface area contributed by atoms with E-state index in [2.05, 4.69) is 17.1 Å². The Bertz CT molecular complexity index is 600. The molecule has 7 heteroatoms. The Labute approximate surface area is 154 Å². The molecule has 7 nitrogen and oxygen atoms in total. The summed E-state index contributed by atoms with van der Waals surface area (Å²) in [5.74, 6) is -0.883. The predicted octanol–water partition coefficient (Wildman–Crippen LogP) is 2.40. The number of hydrogen-bond donors (Lipinski definition) is 2. The van der Waals surface area contributed by atoms with Crippen molar-refractivity contribution in [3.8, 4) is 5.75 Å². The summed E-state index contributed by atoms with van der Waals surface area (Å²) in [5, 5.41) is 12.8. The van der Waals surface area contributed by atoms with Crippen LogP contribution in [0, 0.1) is 0 Å². The largest absolute Gasteiger partial charge is 0.507 e. The minimum absolute atomic E-state index is 0.104. The van der Waals surface area contributed by atoms with Crippen LogP contribution in [0.2, 0.25) is 0 Å². The van der Waals surface area contributed by atoms with Gasteiger partial charge in [-0.25, -0.2) is 4.79 Å². The van der Waals surface area contributed by atoms with Gasteiger partial charge in [-0.05, 0) is 18.6 Å². The van der Waals surface area contributed by atoms with Crippen LogP contribution in [0.3, 0.4) is 0 Å². The maximum Gasteiger partial charge on any atom is 0.341 e. The Morgan fingerprint density at radius 1 is 1.27 bits per heavy atom. The van der Waals surface area contributed by atoms with Gasteiger partial charge < -0.3 is 19.9 Å². The fourth-order valence-electron chi connectivity index (χ4n) is 2.68. The number of phenolic OH excluding ortho intramolecular Hbond substituents is 1. The van der Waals surface area contributed by atoms with E-state index in [0.717, 1.165) is 32.4 Å². The van der Waals surface area contributed by atoms with E-state index in [1.165, 1.54) is 12.1 Å². The Kier molecular flexibility index (Phi) is 8.37. The first-order valence-electron chi connectivity index (χ1n) is 9.20. The molecule has 1 aliphatic rings. The first-order valence-corrected chi connectivity index (χ1v) is 9.20. The van der Waals surface area contributed by atoms with Crippen molar-refractivity contribution in [3.05, 3.63) is 23.8 Å². The zero-order chi connectivity index (χ0) is 18.8. The number of esters is 1. The summed E-state index contributed by atoms with van der Waals surface area (Å²) in [6.07, 6.45) is 3.21. The third-order valence-electron chi connectivity index (χ3n) is 4.24. The van der Waals surface area contributed by atoms with Crippen molar-refractivity contribution in [3.63, 3.8) is 0 Å². The molecule has 1 aromatic carbocycles. The topological polar surface area (TPSA) is 88.1 Å². The second-order valence-electron chi connectivity index (χ2n) is 6.33. The first-order chi connectivity index (χ1) is 12.6. The van der Waals surface area contributed by atoms with E-state index in [1.54, 1.807) is 6.07 Å². The highest BCUT2D eigenvalue weighted by molar-refractivity contribution is 5.95. The second kappa shape index (κ2) is 10.8. The van der Waals surface area contributed by atoms with Crippen LogP contribution in [0.4, 0.5) is 5.69 Å². The third kappa shape index (κ3) is 6.65. The van der Waals surface area contributed by atoms with Gasteiger partial charge in [0.1, 0.15) is 11.3 Å². The number of rotatable bonds is 9. The normalized spacial score (nSPS) is 14.8. The third-order valence-corrected chi connectivity index (χ3v) is 4.24. The molecule has 0 aliphatic carbocycles. The number of carbonyl (C=O) groups is 2. The highest BCUT2D eigenvalue weighted by Gasteiger charge is 2.15. The van der Waals surface area contributed by atoms with E-state index in [9.17, 15) is 14.7 Å². The molecule has 1 amide bonds. The average molecular weight is 364 g/mol. The van der Waals surface area contributed by atoms with E-state index >= 15 is 0 Å². The number of phenols is 1. The van der Waals surface area contributed by atoms with E-state index in [4.69, 9.17) is 9.47 Å². The van der Waals surface area contributed by atoms with Crippen molar-refractivity contribution < 1.29 is 24.2 Å². The number of morpholine rings is 1. The number of nitrogens with zero attached hydrogens (tertiary/aromatic N) is 1. The summed E-state index contributed by atoms with van der Waals surface area (Å²) in [5.41, 5.74) is 0.560. The summed E-state index contributed by atoms with van der Waals surface area (Å²) < 4.78 is 10.4. The number of nitrogens with one attached hydrogen (secondary N) is 1. The van der Waals surface area contributed by atoms with Crippen LogP contribution >= 0.6 is 0 Å². The van der Waals surface area contributed by atoms with Gasteiger partial charge in [0, 0.05) is 37.8 Å². The number of amides is 1. The molecular formula is C19H28N2O5. The molecule has 1 heterocycles. The van der Waals surface area contributed by atoms with Gasteiger partial charge in [0.25, 0.3) is 0 Å². The number of hydrogen-bond acceptors (Lipinski definition) is 6. The molecule has 0 radical (unpaired) electrons. The van der Waals surface area contributed by atoms with E-state index in [0.29, 0.717) is 38.5 Å². The van der Waals surface area contributed by atoms with Crippen LogP contribution in [0.1, 0.15) is 43.0 Å². The lowest BCUT2D eigenvalue weighted by atomic mass is 10.1. The molecule has 0 saturated carbocycles. The fourth-order valence-corrected chi connectivity index (χ4v) is 2.68. The average Bonchev–Trinajstić information content (AvgIpc) is 2.64. The molecular weight excluding hydrogens is 336 g/mol. The lowest BCUT2D eigenvalue weighted by molar-refractivity contribution is -0.116. The maximum absolute atomic E-state index is 12.0. The summed E-state index contributed by atoms with van der Waals surface area (Å²) in [6, 6.07) is 4.43. The van der Waals surface area contributed by atoms with Crippen molar-refractivity contribution in [1.29, 1.82) is 0 Å². The number of unbranched alkanes of at least 4 members (excludes halogenated alkanes) is 2. The lowest BCUT2D eigenvalue weighted by Gasteiger charge is -2.26. The molecule has 2 N–H and O–H groups in total. The summed E-state index contributed by atoms with van der Waals surface area (Å²) >= 11 is 0. The smallest absolute Gasteiger partial charge is 0.341 e. The SMILES string of the molecule is CCCCCOC(=O)c1ccc(NC(=O)CCN2CCOCC2)cc1O. The van der Waals surface area contributed by atoms with Gasteiger partial charge in [-0.3, -0.25) is 9.69 Å². The molecule has 0 aromatic heterocycles. The number of benzene rings is 1. The van der Waals surface area contributed by atoms with Gasteiger partial charge in [0.15, 0.2) is 0 Å². The molecule has 1 saturated heterocycles. The molecule has 1 aliphatic heterocycles. The standard InChI is InChI=1S/C19H28N2O5/c1-2-3-4-11-26-19(24)16-6-5-15(14-17(16)22)20-18(23)7-8-21-9-12-25-13-10-21/h5-6,14,22H,2-4,7-13H2,1H3,(H,20,23). The second-order valence-corrected chi connectivity index (χ2v) is 6.33. The van der Waals surface area contributed by atoms with Crippen LogP contribution < -0.4 is 5.32 Å². The predicted molar refractivity (Wildman–Crippen MR) is 98.4 cm³/mol. The molecule has 1 fully saturated rings. The summed E-state index contributed by atoms with van der Waals surface area (Å²) in [6.45, 7) is 6.15. The van der Waals surface area contributed by atoms with Crippen molar-refractivity contribution in [2.45, 2.75) is 32.6 Å². The summed E-state index contributed by atoms with van der Waals surface area (Å²) in [4.78, 5) is 26.2. The van der Waals surface area contributed by atoms with E-state index in [-0.39, 0.29) is 17.2 Å². The van der Waals surface area contributed by atoms with Crippen LogP contribution in [-0.4, -0.2) is 61.3 Å². The van der Waals surface area contributed by atoms with Crippen molar-refractivity contribution >= 4 is 17.6 Å². The highest BCUT2D eigenvalue weighted by Crippen LogP contribution is 2.23. The zero-order valence-corrected chi connectivity index (χ0v) is 15.3. The number of ether oxygens (including phenoxy) is 2. The van der Waals surface area contributed by atoms with Gasteiger partial charge in [-0.2, -0.15) is 0 Å². The number of carbonyl (C=O) groups excluding carboxylic acids is 2.